The Morgan fingerprint density at radius 3 is 2.53 bits per heavy atom. The van der Waals surface area contributed by atoms with Gasteiger partial charge in [0.25, 0.3) is 0 Å². The molecule has 0 aliphatic heterocycles. The summed E-state index contributed by atoms with van der Waals surface area (Å²) in [6.07, 6.45) is 5.88. The number of nitrogens with one attached hydrogen (secondary N) is 2. The Morgan fingerprint density at radius 2 is 2.00 bits per heavy atom. The molecule has 0 radical (unpaired) electrons. The van der Waals surface area contributed by atoms with Gasteiger partial charge in [-0.05, 0) is 31.9 Å². The molecule has 1 aliphatic carbocycles. The van der Waals surface area contributed by atoms with Crippen molar-refractivity contribution in [1.29, 1.82) is 0 Å². The molecule has 19 heavy (non-hydrogen) atoms. The molecule has 1 aromatic rings. The maximum atomic E-state index is 10.1. The Labute approximate surface area is 118 Å². The van der Waals surface area contributed by atoms with Gasteiger partial charge in [-0.25, -0.2) is 9.97 Å². The minimum Gasteiger partial charge on any atom is -0.388 e. The van der Waals surface area contributed by atoms with Gasteiger partial charge in [-0.2, -0.15) is 0 Å². The van der Waals surface area contributed by atoms with Crippen molar-refractivity contribution in [1.82, 2.24) is 9.97 Å². The van der Waals surface area contributed by atoms with Gasteiger partial charge in [0.1, 0.15) is 11.6 Å². The SMILES string of the molecule is CCCNc1cc(NCC2(O)CCC2)nc(SC)n1. The molecule has 0 aromatic carbocycles. The monoisotopic (exact) mass is 282 g/mol. The highest BCUT2D eigenvalue weighted by atomic mass is 32.2. The van der Waals surface area contributed by atoms with Crippen LogP contribution < -0.4 is 10.6 Å². The van der Waals surface area contributed by atoms with Gasteiger partial charge in [-0.15, -0.1) is 0 Å². The molecule has 0 amide bonds. The van der Waals surface area contributed by atoms with Gasteiger partial charge in [0.15, 0.2) is 5.16 Å². The number of thioether (sulfide) groups is 1. The van der Waals surface area contributed by atoms with Gasteiger partial charge in [-0.1, -0.05) is 18.7 Å². The number of hydrogen-bond acceptors (Lipinski definition) is 6. The number of anilines is 2. The van der Waals surface area contributed by atoms with Crippen LogP contribution in [0.2, 0.25) is 0 Å². The lowest BCUT2D eigenvalue weighted by Gasteiger charge is -2.36. The standard InChI is InChI=1S/C13H22N4OS/c1-3-7-14-10-8-11(17-12(16-10)19-2)15-9-13(18)5-4-6-13/h8,18H,3-7,9H2,1-2H3,(H2,14,15,16,17). The van der Waals surface area contributed by atoms with E-state index in [0.29, 0.717) is 6.54 Å². The summed E-state index contributed by atoms with van der Waals surface area (Å²) in [4.78, 5) is 8.82. The topological polar surface area (TPSA) is 70.1 Å². The molecule has 0 bridgehead atoms. The van der Waals surface area contributed by atoms with Gasteiger partial charge in [0.2, 0.25) is 0 Å². The van der Waals surface area contributed by atoms with Gasteiger partial charge >= 0.3 is 0 Å². The average Bonchev–Trinajstić information content (AvgIpc) is 2.40. The second-order valence-corrected chi connectivity index (χ2v) is 5.76. The van der Waals surface area contributed by atoms with E-state index in [2.05, 4.69) is 27.5 Å². The fourth-order valence-electron chi connectivity index (χ4n) is 1.97. The van der Waals surface area contributed by atoms with Gasteiger partial charge in [0.05, 0.1) is 5.60 Å². The molecule has 1 aromatic heterocycles. The molecule has 6 heteroatoms. The quantitative estimate of drug-likeness (QED) is 0.527. The minimum absolute atomic E-state index is 0.540. The molecule has 0 atom stereocenters. The van der Waals surface area contributed by atoms with Gasteiger partial charge in [-0.3, -0.25) is 0 Å². The number of aromatic nitrogens is 2. The van der Waals surface area contributed by atoms with Crippen LogP contribution in [0.15, 0.2) is 11.2 Å². The molecular weight excluding hydrogens is 260 g/mol. The summed E-state index contributed by atoms with van der Waals surface area (Å²) in [5.41, 5.74) is -0.540. The summed E-state index contributed by atoms with van der Waals surface area (Å²) >= 11 is 1.52. The van der Waals surface area contributed by atoms with E-state index < -0.39 is 5.60 Å². The highest BCUT2D eigenvalue weighted by molar-refractivity contribution is 7.98. The van der Waals surface area contributed by atoms with Crippen molar-refractivity contribution in [3.8, 4) is 0 Å². The zero-order valence-electron chi connectivity index (χ0n) is 11.6. The molecule has 0 saturated heterocycles. The molecule has 2 rings (SSSR count). The van der Waals surface area contributed by atoms with Crippen molar-refractivity contribution < 1.29 is 5.11 Å². The van der Waals surface area contributed by atoms with E-state index in [9.17, 15) is 5.11 Å². The molecule has 1 aliphatic rings. The average molecular weight is 282 g/mol. The fourth-order valence-corrected chi connectivity index (χ4v) is 2.35. The van der Waals surface area contributed by atoms with E-state index in [1.165, 1.54) is 11.8 Å². The van der Waals surface area contributed by atoms with Crippen LogP contribution in [-0.2, 0) is 0 Å². The van der Waals surface area contributed by atoms with Crippen LogP contribution >= 0.6 is 11.8 Å². The number of nitrogens with zero attached hydrogens (tertiary/aromatic N) is 2. The lowest BCUT2D eigenvalue weighted by Crippen LogP contribution is -2.43. The van der Waals surface area contributed by atoms with Crippen LogP contribution in [-0.4, -0.2) is 40.0 Å². The maximum absolute atomic E-state index is 10.1. The number of aliphatic hydroxyl groups is 1. The number of hydrogen-bond donors (Lipinski definition) is 3. The summed E-state index contributed by atoms with van der Waals surface area (Å²) < 4.78 is 0. The van der Waals surface area contributed by atoms with Crippen LogP contribution in [0, 0.1) is 0 Å². The molecule has 1 saturated carbocycles. The van der Waals surface area contributed by atoms with Crippen LogP contribution in [0.4, 0.5) is 11.6 Å². The molecule has 1 heterocycles. The Hall–Kier alpha value is -1.01. The molecule has 1 fully saturated rings. The first kappa shape index (κ1) is 14.4. The first-order valence-corrected chi connectivity index (χ1v) is 8.01. The van der Waals surface area contributed by atoms with Crippen LogP contribution in [0.5, 0.6) is 0 Å². The summed E-state index contributed by atoms with van der Waals surface area (Å²) in [6.45, 7) is 3.58. The third-order valence-electron chi connectivity index (χ3n) is 3.33. The Morgan fingerprint density at radius 1 is 1.32 bits per heavy atom. The molecule has 3 N–H and O–H groups in total. The molecule has 106 valence electrons. The maximum Gasteiger partial charge on any atom is 0.191 e. The van der Waals surface area contributed by atoms with E-state index in [1.807, 2.05) is 12.3 Å². The van der Waals surface area contributed by atoms with Crippen molar-refractivity contribution in [3.05, 3.63) is 6.07 Å². The molecule has 5 nitrogen and oxygen atoms in total. The first-order valence-electron chi connectivity index (χ1n) is 6.78. The predicted molar refractivity (Wildman–Crippen MR) is 79.9 cm³/mol. The lowest BCUT2D eigenvalue weighted by atomic mass is 9.80. The van der Waals surface area contributed by atoms with E-state index >= 15 is 0 Å². The number of rotatable bonds is 7. The van der Waals surface area contributed by atoms with Gasteiger partial charge in [0, 0.05) is 19.2 Å². The molecule has 0 spiro atoms. The normalized spacial score (nSPS) is 16.8. The van der Waals surface area contributed by atoms with E-state index in [1.54, 1.807) is 0 Å². The second kappa shape index (κ2) is 6.43. The Balaban J connectivity index is 2.01. The smallest absolute Gasteiger partial charge is 0.191 e. The van der Waals surface area contributed by atoms with Crippen molar-refractivity contribution in [3.63, 3.8) is 0 Å². The van der Waals surface area contributed by atoms with E-state index in [-0.39, 0.29) is 0 Å². The summed E-state index contributed by atoms with van der Waals surface area (Å²) in [6, 6.07) is 1.90. The third kappa shape index (κ3) is 3.98. The van der Waals surface area contributed by atoms with Crippen molar-refractivity contribution in [2.24, 2.45) is 0 Å². The lowest BCUT2D eigenvalue weighted by molar-refractivity contribution is -0.0202. The highest BCUT2D eigenvalue weighted by Crippen LogP contribution is 2.31. The molecular formula is C13H22N4OS. The van der Waals surface area contributed by atoms with Crippen LogP contribution in [0.25, 0.3) is 0 Å². The fraction of sp³-hybridized carbons (Fsp3) is 0.692. The van der Waals surface area contributed by atoms with E-state index in [4.69, 9.17) is 0 Å². The third-order valence-corrected chi connectivity index (χ3v) is 3.87. The predicted octanol–water partition coefficient (Wildman–Crippen LogP) is 2.35. The Kier molecular flexibility index (Phi) is 4.87. The van der Waals surface area contributed by atoms with Crippen molar-refractivity contribution >= 4 is 23.4 Å². The van der Waals surface area contributed by atoms with Crippen molar-refractivity contribution in [2.45, 2.75) is 43.4 Å². The van der Waals surface area contributed by atoms with Crippen molar-refractivity contribution in [2.75, 3.05) is 30.0 Å². The van der Waals surface area contributed by atoms with Crippen LogP contribution in [0.1, 0.15) is 32.6 Å². The zero-order chi connectivity index (χ0) is 13.7. The highest BCUT2D eigenvalue weighted by Gasteiger charge is 2.34. The largest absolute Gasteiger partial charge is 0.388 e. The molecule has 0 unspecified atom stereocenters. The van der Waals surface area contributed by atoms with E-state index in [0.717, 1.165) is 49.0 Å². The minimum atomic E-state index is -0.540. The zero-order valence-corrected chi connectivity index (χ0v) is 12.4. The summed E-state index contributed by atoms with van der Waals surface area (Å²) in [5.74, 6) is 1.61. The summed E-state index contributed by atoms with van der Waals surface area (Å²) in [5, 5.41) is 17.3. The summed E-state index contributed by atoms with van der Waals surface area (Å²) in [7, 11) is 0. The van der Waals surface area contributed by atoms with Crippen LogP contribution in [0.3, 0.4) is 0 Å². The second-order valence-electron chi connectivity index (χ2n) is 4.98. The van der Waals surface area contributed by atoms with Gasteiger partial charge < -0.3 is 15.7 Å². The Bertz CT molecular complexity index is 423. The first-order chi connectivity index (χ1) is 9.15.